The Morgan fingerprint density at radius 1 is 1.35 bits per heavy atom. The van der Waals surface area contributed by atoms with Gasteiger partial charge >= 0.3 is 5.97 Å². The molecule has 1 aromatic heterocycles. The minimum absolute atomic E-state index is 0.0265. The standard InChI is InChI=1S/C14H23N3O3/c1-4-20-14(19)6-5-8-15-13(18)7-9-17-12(3)10-11(2)16-17/h10H,4-9H2,1-3H3,(H,15,18). The minimum atomic E-state index is -0.218. The third-order valence-corrected chi connectivity index (χ3v) is 2.84. The lowest BCUT2D eigenvalue weighted by atomic mass is 10.3. The lowest BCUT2D eigenvalue weighted by molar-refractivity contribution is -0.143. The molecular weight excluding hydrogens is 258 g/mol. The smallest absolute Gasteiger partial charge is 0.305 e. The molecule has 0 saturated carbocycles. The van der Waals surface area contributed by atoms with Crippen molar-refractivity contribution in [1.82, 2.24) is 15.1 Å². The van der Waals surface area contributed by atoms with Crippen LogP contribution in [0.3, 0.4) is 0 Å². The van der Waals surface area contributed by atoms with Gasteiger partial charge in [0.05, 0.1) is 12.3 Å². The summed E-state index contributed by atoms with van der Waals surface area (Å²) in [5.74, 6) is -0.245. The van der Waals surface area contributed by atoms with Crippen molar-refractivity contribution in [3.05, 3.63) is 17.5 Å². The van der Waals surface area contributed by atoms with E-state index in [0.29, 0.717) is 39.0 Å². The van der Waals surface area contributed by atoms with Crippen molar-refractivity contribution in [2.45, 2.75) is 46.6 Å². The molecule has 0 aromatic carbocycles. The minimum Gasteiger partial charge on any atom is -0.466 e. The van der Waals surface area contributed by atoms with Crippen LogP contribution in [0.1, 0.15) is 37.6 Å². The maximum Gasteiger partial charge on any atom is 0.305 e. The molecule has 0 atom stereocenters. The Labute approximate surface area is 119 Å². The Morgan fingerprint density at radius 3 is 2.70 bits per heavy atom. The molecule has 6 heteroatoms. The first kappa shape index (κ1) is 16.2. The molecule has 1 aromatic rings. The molecule has 112 valence electrons. The number of ether oxygens (including phenoxy) is 1. The number of aromatic nitrogens is 2. The van der Waals surface area contributed by atoms with E-state index in [0.717, 1.165) is 11.4 Å². The molecule has 0 saturated heterocycles. The molecule has 0 radical (unpaired) electrons. The fourth-order valence-corrected chi connectivity index (χ4v) is 1.89. The third-order valence-electron chi connectivity index (χ3n) is 2.84. The average molecular weight is 281 g/mol. The van der Waals surface area contributed by atoms with Gasteiger partial charge in [-0.05, 0) is 33.3 Å². The predicted molar refractivity (Wildman–Crippen MR) is 75.2 cm³/mol. The van der Waals surface area contributed by atoms with Crippen molar-refractivity contribution in [3.63, 3.8) is 0 Å². The summed E-state index contributed by atoms with van der Waals surface area (Å²) in [5, 5.41) is 7.09. The first-order valence-electron chi connectivity index (χ1n) is 6.96. The largest absolute Gasteiger partial charge is 0.466 e. The molecule has 20 heavy (non-hydrogen) atoms. The van der Waals surface area contributed by atoms with Crippen molar-refractivity contribution >= 4 is 11.9 Å². The highest BCUT2D eigenvalue weighted by atomic mass is 16.5. The summed E-state index contributed by atoms with van der Waals surface area (Å²) in [5.41, 5.74) is 2.01. The van der Waals surface area contributed by atoms with Crippen LogP contribution < -0.4 is 5.32 Å². The fraction of sp³-hybridized carbons (Fsp3) is 0.643. The summed E-state index contributed by atoms with van der Waals surface area (Å²) < 4.78 is 6.63. The first-order valence-corrected chi connectivity index (χ1v) is 6.96. The van der Waals surface area contributed by atoms with E-state index < -0.39 is 0 Å². The number of hydrogen-bond donors (Lipinski definition) is 1. The van der Waals surface area contributed by atoms with Gasteiger partial charge in [0.1, 0.15) is 0 Å². The van der Waals surface area contributed by atoms with Crippen molar-refractivity contribution in [3.8, 4) is 0 Å². The van der Waals surface area contributed by atoms with Crippen LogP contribution in [0.15, 0.2) is 6.07 Å². The number of hydrogen-bond acceptors (Lipinski definition) is 4. The van der Waals surface area contributed by atoms with Crippen LogP contribution in [0.4, 0.5) is 0 Å². The van der Waals surface area contributed by atoms with Gasteiger partial charge in [-0.1, -0.05) is 0 Å². The lowest BCUT2D eigenvalue weighted by Crippen LogP contribution is -2.26. The zero-order valence-electron chi connectivity index (χ0n) is 12.4. The monoisotopic (exact) mass is 281 g/mol. The topological polar surface area (TPSA) is 73.2 Å². The molecule has 6 nitrogen and oxygen atoms in total. The number of nitrogens with one attached hydrogen (secondary N) is 1. The number of rotatable bonds is 8. The predicted octanol–water partition coefficient (Wildman–Crippen LogP) is 1.35. The Hall–Kier alpha value is -1.85. The Bertz CT molecular complexity index is 455. The van der Waals surface area contributed by atoms with Gasteiger partial charge in [0, 0.05) is 31.6 Å². The SMILES string of the molecule is CCOC(=O)CCCNC(=O)CCn1nc(C)cc1C. The van der Waals surface area contributed by atoms with Gasteiger partial charge < -0.3 is 10.1 Å². The van der Waals surface area contributed by atoms with Crippen LogP contribution in [0.25, 0.3) is 0 Å². The van der Waals surface area contributed by atoms with Crippen LogP contribution >= 0.6 is 0 Å². The fourth-order valence-electron chi connectivity index (χ4n) is 1.89. The van der Waals surface area contributed by atoms with Gasteiger partial charge in [0.15, 0.2) is 0 Å². The van der Waals surface area contributed by atoms with Crippen LogP contribution in [0, 0.1) is 13.8 Å². The quantitative estimate of drug-likeness (QED) is 0.576. The summed E-state index contributed by atoms with van der Waals surface area (Å²) in [6, 6.07) is 1.98. The maximum atomic E-state index is 11.6. The van der Waals surface area contributed by atoms with Gasteiger partial charge in [0.2, 0.25) is 5.91 Å². The van der Waals surface area contributed by atoms with Crippen molar-refractivity contribution in [1.29, 1.82) is 0 Å². The highest BCUT2D eigenvalue weighted by Gasteiger charge is 2.06. The molecule has 0 aliphatic rings. The van der Waals surface area contributed by atoms with Crippen molar-refractivity contribution < 1.29 is 14.3 Å². The second-order valence-corrected chi connectivity index (χ2v) is 4.66. The van der Waals surface area contributed by atoms with Crippen LogP contribution in [0.2, 0.25) is 0 Å². The molecule has 0 bridgehead atoms. The van der Waals surface area contributed by atoms with Gasteiger partial charge in [0.25, 0.3) is 0 Å². The van der Waals surface area contributed by atoms with E-state index in [-0.39, 0.29) is 11.9 Å². The van der Waals surface area contributed by atoms with Gasteiger partial charge in [-0.3, -0.25) is 14.3 Å². The molecule has 0 unspecified atom stereocenters. The summed E-state index contributed by atoms with van der Waals surface area (Å²) in [4.78, 5) is 22.7. The lowest BCUT2D eigenvalue weighted by Gasteiger charge is -2.06. The van der Waals surface area contributed by atoms with Gasteiger partial charge in [-0.2, -0.15) is 5.10 Å². The number of amides is 1. The zero-order chi connectivity index (χ0) is 15.0. The molecule has 1 N–H and O–H groups in total. The molecule has 0 fully saturated rings. The van der Waals surface area contributed by atoms with Crippen molar-refractivity contribution in [2.24, 2.45) is 0 Å². The average Bonchev–Trinajstić information content (AvgIpc) is 2.71. The van der Waals surface area contributed by atoms with E-state index in [4.69, 9.17) is 4.74 Å². The van der Waals surface area contributed by atoms with E-state index in [1.54, 1.807) is 6.92 Å². The maximum absolute atomic E-state index is 11.6. The zero-order valence-corrected chi connectivity index (χ0v) is 12.4. The second-order valence-electron chi connectivity index (χ2n) is 4.66. The summed E-state index contributed by atoms with van der Waals surface area (Å²) in [6.07, 6.45) is 1.33. The highest BCUT2D eigenvalue weighted by Crippen LogP contribution is 2.02. The first-order chi connectivity index (χ1) is 9.52. The molecule has 0 spiro atoms. The normalized spacial score (nSPS) is 10.3. The second kappa shape index (κ2) is 8.35. The molecule has 1 heterocycles. The van der Waals surface area contributed by atoms with E-state index in [9.17, 15) is 9.59 Å². The molecular formula is C14H23N3O3. The molecule has 1 amide bonds. The number of aryl methyl sites for hydroxylation is 3. The van der Waals surface area contributed by atoms with Gasteiger partial charge in [-0.15, -0.1) is 0 Å². The van der Waals surface area contributed by atoms with Crippen LogP contribution in [0.5, 0.6) is 0 Å². The Balaban J connectivity index is 2.15. The number of carbonyl (C=O) groups is 2. The highest BCUT2D eigenvalue weighted by molar-refractivity contribution is 5.75. The molecule has 0 aliphatic heterocycles. The third kappa shape index (κ3) is 5.86. The van der Waals surface area contributed by atoms with Crippen molar-refractivity contribution in [2.75, 3.05) is 13.2 Å². The van der Waals surface area contributed by atoms with E-state index in [1.165, 1.54) is 0 Å². The summed E-state index contributed by atoms with van der Waals surface area (Å²) >= 11 is 0. The van der Waals surface area contributed by atoms with E-state index >= 15 is 0 Å². The Kier molecular flexibility index (Phi) is 6.76. The van der Waals surface area contributed by atoms with E-state index in [1.807, 2.05) is 24.6 Å². The number of carbonyl (C=O) groups excluding carboxylic acids is 2. The summed E-state index contributed by atoms with van der Waals surface area (Å²) in [6.45, 7) is 7.14. The van der Waals surface area contributed by atoms with E-state index in [2.05, 4.69) is 10.4 Å². The van der Waals surface area contributed by atoms with Crippen LogP contribution in [-0.2, 0) is 20.9 Å². The summed E-state index contributed by atoms with van der Waals surface area (Å²) in [7, 11) is 0. The van der Waals surface area contributed by atoms with Gasteiger partial charge in [-0.25, -0.2) is 0 Å². The molecule has 1 rings (SSSR count). The molecule has 0 aliphatic carbocycles. The number of nitrogens with zero attached hydrogens (tertiary/aromatic N) is 2. The van der Waals surface area contributed by atoms with Crippen LogP contribution in [-0.4, -0.2) is 34.8 Å². The Morgan fingerprint density at radius 2 is 2.10 bits per heavy atom. The number of esters is 1.